The zero-order valence-electron chi connectivity index (χ0n) is 13.3. The second-order valence-electron chi connectivity index (χ2n) is 4.83. The minimum absolute atomic E-state index is 0.0646. The number of nitrogens with one attached hydrogen (secondary N) is 2. The lowest BCUT2D eigenvalue weighted by Gasteiger charge is -2.12. The first-order valence-corrected chi connectivity index (χ1v) is 8.18. The summed E-state index contributed by atoms with van der Waals surface area (Å²) < 4.78 is 24.4. The minimum atomic E-state index is -0.650. The van der Waals surface area contributed by atoms with Gasteiger partial charge >= 0.3 is 0 Å². The van der Waals surface area contributed by atoms with Crippen molar-refractivity contribution in [3.63, 3.8) is 0 Å². The lowest BCUT2D eigenvalue weighted by atomic mass is 10.2. The molecule has 0 aliphatic heterocycles. The molecule has 2 rings (SSSR count). The molecule has 2 aromatic carbocycles. The van der Waals surface area contributed by atoms with Crippen LogP contribution in [-0.4, -0.2) is 25.0 Å². The molecule has 0 radical (unpaired) electrons. The molecule has 0 atom stereocenters. The van der Waals surface area contributed by atoms with Crippen LogP contribution in [0.2, 0.25) is 0 Å². The van der Waals surface area contributed by atoms with Gasteiger partial charge in [-0.15, -0.1) is 0 Å². The molecule has 0 spiro atoms. The third-order valence-electron chi connectivity index (χ3n) is 2.95. The number of hydrogen-bond donors (Lipinski definition) is 2. The van der Waals surface area contributed by atoms with Crippen molar-refractivity contribution >= 4 is 27.7 Å². The summed E-state index contributed by atoms with van der Waals surface area (Å²) in [6.07, 6.45) is 0. The number of hydrazine groups is 1. The predicted octanol–water partition coefficient (Wildman–Crippen LogP) is 2.83. The van der Waals surface area contributed by atoms with E-state index in [1.54, 1.807) is 24.3 Å². The summed E-state index contributed by atoms with van der Waals surface area (Å²) in [6, 6.07) is 10.6. The molecule has 0 aliphatic carbocycles. The molecule has 2 N–H and O–H groups in total. The summed E-state index contributed by atoms with van der Waals surface area (Å²) in [7, 11) is 0. The predicted molar refractivity (Wildman–Crippen MR) is 92.8 cm³/mol. The number of amides is 2. The van der Waals surface area contributed by atoms with Crippen LogP contribution >= 0.6 is 15.9 Å². The van der Waals surface area contributed by atoms with E-state index in [9.17, 15) is 14.0 Å². The first-order chi connectivity index (χ1) is 12.0. The SMILES string of the molecule is CCOc1ccccc1OCC(=O)NNC(=O)c1cc(F)cc(Br)c1. The van der Waals surface area contributed by atoms with E-state index in [-0.39, 0.29) is 12.2 Å². The second-order valence-corrected chi connectivity index (χ2v) is 5.74. The standard InChI is InChI=1S/C17H16BrFN2O4/c1-2-24-14-5-3-4-6-15(14)25-10-16(22)20-21-17(23)11-7-12(18)9-13(19)8-11/h3-9H,2,10H2,1H3,(H,20,22)(H,21,23). The topological polar surface area (TPSA) is 76.7 Å². The third kappa shape index (κ3) is 5.75. The van der Waals surface area contributed by atoms with Gasteiger partial charge in [0, 0.05) is 10.0 Å². The molecule has 0 aliphatic rings. The fourth-order valence-electron chi connectivity index (χ4n) is 1.91. The minimum Gasteiger partial charge on any atom is -0.490 e. The Morgan fingerprint density at radius 2 is 1.76 bits per heavy atom. The Morgan fingerprint density at radius 1 is 1.08 bits per heavy atom. The summed E-state index contributed by atoms with van der Waals surface area (Å²) in [4.78, 5) is 23.7. The quantitative estimate of drug-likeness (QED) is 0.717. The van der Waals surface area contributed by atoms with E-state index < -0.39 is 17.6 Å². The van der Waals surface area contributed by atoms with Crippen LogP contribution in [-0.2, 0) is 4.79 Å². The monoisotopic (exact) mass is 410 g/mol. The lowest BCUT2D eigenvalue weighted by molar-refractivity contribution is -0.123. The molecular weight excluding hydrogens is 395 g/mol. The van der Waals surface area contributed by atoms with Gasteiger partial charge in [0.1, 0.15) is 5.82 Å². The smallest absolute Gasteiger partial charge is 0.276 e. The maximum atomic E-state index is 13.3. The van der Waals surface area contributed by atoms with Gasteiger partial charge in [-0.25, -0.2) is 4.39 Å². The number of rotatable bonds is 6. The average Bonchev–Trinajstić information content (AvgIpc) is 2.58. The maximum absolute atomic E-state index is 13.3. The molecular formula is C17H16BrFN2O4. The summed E-state index contributed by atoms with van der Waals surface area (Å²) in [5.41, 5.74) is 4.46. The molecule has 0 saturated carbocycles. The Bertz CT molecular complexity index is 750. The molecule has 0 unspecified atom stereocenters. The molecule has 132 valence electrons. The van der Waals surface area contributed by atoms with Gasteiger partial charge in [-0.05, 0) is 37.3 Å². The maximum Gasteiger partial charge on any atom is 0.276 e. The van der Waals surface area contributed by atoms with Gasteiger partial charge in [-0.1, -0.05) is 28.1 Å². The van der Waals surface area contributed by atoms with E-state index >= 15 is 0 Å². The lowest BCUT2D eigenvalue weighted by Crippen LogP contribution is -2.43. The number of ether oxygens (including phenoxy) is 2. The van der Waals surface area contributed by atoms with Gasteiger partial charge in [0.2, 0.25) is 0 Å². The van der Waals surface area contributed by atoms with Crippen molar-refractivity contribution < 1.29 is 23.5 Å². The van der Waals surface area contributed by atoms with Crippen LogP contribution in [0.4, 0.5) is 4.39 Å². The molecule has 0 fully saturated rings. The number of halogens is 2. The fourth-order valence-corrected chi connectivity index (χ4v) is 2.37. The van der Waals surface area contributed by atoms with E-state index in [4.69, 9.17) is 9.47 Å². The molecule has 25 heavy (non-hydrogen) atoms. The van der Waals surface area contributed by atoms with E-state index in [0.29, 0.717) is 22.6 Å². The van der Waals surface area contributed by atoms with Crippen molar-refractivity contribution in [2.45, 2.75) is 6.92 Å². The largest absolute Gasteiger partial charge is 0.490 e. The normalized spacial score (nSPS) is 10.0. The van der Waals surface area contributed by atoms with Crippen LogP contribution in [0, 0.1) is 5.82 Å². The van der Waals surface area contributed by atoms with Crippen LogP contribution in [0.1, 0.15) is 17.3 Å². The molecule has 2 amide bonds. The number of para-hydroxylation sites is 2. The molecule has 8 heteroatoms. The van der Waals surface area contributed by atoms with Crippen LogP contribution in [0.15, 0.2) is 46.9 Å². The Hall–Kier alpha value is -2.61. The average molecular weight is 411 g/mol. The molecule has 0 aromatic heterocycles. The summed E-state index contributed by atoms with van der Waals surface area (Å²) in [6.45, 7) is 1.98. The highest BCUT2D eigenvalue weighted by Gasteiger charge is 2.11. The van der Waals surface area contributed by atoms with Gasteiger partial charge < -0.3 is 9.47 Å². The zero-order chi connectivity index (χ0) is 18.2. The number of benzene rings is 2. The van der Waals surface area contributed by atoms with Crippen molar-refractivity contribution in [1.29, 1.82) is 0 Å². The molecule has 0 saturated heterocycles. The Labute approximate surface area is 152 Å². The molecule has 6 nitrogen and oxygen atoms in total. The zero-order valence-corrected chi connectivity index (χ0v) is 14.9. The van der Waals surface area contributed by atoms with Gasteiger partial charge in [0.05, 0.1) is 6.61 Å². The van der Waals surface area contributed by atoms with Crippen LogP contribution in [0.3, 0.4) is 0 Å². The Morgan fingerprint density at radius 3 is 2.40 bits per heavy atom. The summed E-state index contributed by atoms with van der Waals surface area (Å²) in [5.74, 6) is -0.855. The van der Waals surface area contributed by atoms with Crippen molar-refractivity contribution in [2.24, 2.45) is 0 Å². The molecule has 0 heterocycles. The van der Waals surface area contributed by atoms with E-state index in [1.165, 1.54) is 12.1 Å². The highest BCUT2D eigenvalue weighted by atomic mass is 79.9. The number of hydrogen-bond acceptors (Lipinski definition) is 4. The highest BCUT2D eigenvalue weighted by Crippen LogP contribution is 2.26. The van der Waals surface area contributed by atoms with Crippen molar-refractivity contribution in [2.75, 3.05) is 13.2 Å². The van der Waals surface area contributed by atoms with Crippen LogP contribution in [0.25, 0.3) is 0 Å². The van der Waals surface area contributed by atoms with E-state index in [2.05, 4.69) is 26.8 Å². The first kappa shape index (κ1) is 18.7. The summed E-state index contributed by atoms with van der Waals surface area (Å²) >= 11 is 3.09. The van der Waals surface area contributed by atoms with Crippen LogP contribution < -0.4 is 20.3 Å². The van der Waals surface area contributed by atoms with Gasteiger partial charge in [0.15, 0.2) is 18.1 Å². The summed E-state index contributed by atoms with van der Waals surface area (Å²) in [5, 5.41) is 0. The number of carbonyl (C=O) groups excluding carboxylic acids is 2. The van der Waals surface area contributed by atoms with Crippen molar-refractivity contribution in [1.82, 2.24) is 10.9 Å². The van der Waals surface area contributed by atoms with Gasteiger partial charge in [-0.2, -0.15) is 0 Å². The van der Waals surface area contributed by atoms with Gasteiger partial charge in [0.25, 0.3) is 11.8 Å². The van der Waals surface area contributed by atoms with Crippen LogP contribution in [0.5, 0.6) is 11.5 Å². The Kier molecular flexibility index (Phi) is 6.76. The van der Waals surface area contributed by atoms with Crippen molar-refractivity contribution in [3.8, 4) is 11.5 Å². The van der Waals surface area contributed by atoms with E-state index in [1.807, 2.05) is 6.92 Å². The Balaban J connectivity index is 1.85. The third-order valence-corrected chi connectivity index (χ3v) is 3.41. The first-order valence-electron chi connectivity index (χ1n) is 7.39. The van der Waals surface area contributed by atoms with Crippen molar-refractivity contribution in [3.05, 3.63) is 58.3 Å². The second kappa shape index (κ2) is 9.03. The van der Waals surface area contributed by atoms with E-state index in [0.717, 1.165) is 6.07 Å². The number of carbonyl (C=O) groups is 2. The molecule has 0 bridgehead atoms. The fraction of sp³-hybridized carbons (Fsp3) is 0.176. The highest BCUT2D eigenvalue weighted by molar-refractivity contribution is 9.10. The van der Waals surface area contributed by atoms with Gasteiger partial charge in [-0.3, -0.25) is 20.4 Å². The molecule has 2 aromatic rings.